The van der Waals surface area contributed by atoms with E-state index in [1.807, 2.05) is 53.9 Å². The van der Waals surface area contributed by atoms with Gasteiger partial charge in [-0.2, -0.15) is 16.7 Å². The van der Waals surface area contributed by atoms with E-state index in [1.54, 1.807) is 0 Å². The van der Waals surface area contributed by atoms with E-state index in [0.717, 1.165) is 30.2 Å². The minimum absolute atomic E-state index is 0.0689. The van der Waals surface area contributed by atoms with Gasteiger partial charge in [-0.3, -0.25) is 0 Å². The van der Waals surface area contributed by atoms with Crippen LogP contribution in [-0.2, 0) is 6.42 Å². The van der Waals surface area contributed by atoms with Crippen molar-refractivity contribution < 1.29 is 9.32 Å². The Balaban J connectivity index is 1.57. The lowest BCUT2D eigenvalue weighted by Crippen LogP contribution is -2.45. The average Bonchev–Trinajstić information content (AvgIpc) is 3.05. The van der Waals surface area contributed by atoms with Gasteiger partial charge in [0.25, 0.3) is 0 Å². The Bertz CT molecular complexity index is 641. The van der Waals surface area contributed by atoms with Crippen LogP contribution in [0.25, 0.3) is 0 Å². The zero-order valence-corrected chi connectivity index (χ0v) is 13.9. The Kier molecular flexibility index (Phi) is 5.17. The van der Waals surface area contributed by atoms with Gasteiger partial charge in [0.05, 0.1) is 0 Å². The van der Waals surface area contributed by atoms with Gasteiger partial charge in [0.15, 0.2) is 5.82 Å². The van der Waals surface area contributed by atoms with Crippen molar-refractivity contribution in [3.05, 3.63) is 47.6 Å². The molecule has 1 aromatic carbocycles. The van der Waals surface area contributed by atoms with Crippen molar-refractivity contribution in [3.8, 4) is 0 Å². The first-order valence-corrected chi connectivity index (χ1v) is 8.87. The largest absolute Gasteiger partial charge is 0.337 e. The van der Waals surface area contributed by atoms with Crippen LogP contribution in [0, 0.1) is 0 Å². The van der Waals surface area contributed by atoms with Crippen LogP contribution in [0.3, 0.4) is 0 Å². The van der Waals surface area contributed by atoms with E-state index in [4.69, 9.17) is 4.52 Å². The third-order valence-electron chi connectivity index (χ3n) is 3.70. The Labute approximate surface area is 139 Å². The van der Waals surface area contributed by atoms with Crippen molar-refractivity contribution in [3.63, 3.8) is 0 Å². The van der Waals surface area contributed by atoms with Crippen LogP contribution >= 0.6 is 11.8 Å². The van der Waals surface area contributed by atoms with Crippen molar-refractivity contribution in [1.29, 1.82) is 0 Å². The number of hydrogen-bond donors (Lipinski definition) is 1. The van der Waals surface area contributed by atoms with Gasteiger partial charge in [0.2, 0.25) is 5.89 Å². The molecule has 0 bridgehead atoms. The van der Waals surface area contributed by atoms with Crippen LogP contribution in [-0.4, -0.2) is 45.7 Å². The Morgan fingerprint density at radius 3 is 2.83 bits per heavy atom. The second-order valence-corrected chi connectivity index (χ2v) is 6.71. The van der Waals surface area contributed by atoms with Crippen LogP contribution < -0.4 is 5.32 Å². The van der Waals surface area contributed by atoms with Gasteiger partial charge < -0.3 is 14.7 Å². The fourth-order valence-electron chi connectivity index (χ4n) is 2.40. The summed E-state index contributed by atoms with van der Waals surface area (Å²) in [5.41, 5.74) is 1.13. The van der Waals surface area contributed by atoms with E-state index in [2.05, 4.69) is 15.5 Å². The highest BCUT2D eigenvalue weighted by Gasteiger charge is 2.21. The summed E-state index contributed by atoms with van der Waals surface area (Å²) in [5.74, 6) is 3.05. The van der Waals surface area contributed by atoms with Crippen molar-refractivity contribution >= 4 is 17.8 Å². The zero-order chi connectivity index (χ0) is 16.1. The molecule has 0 aliphatic carbocycles. The molecule has 1 aliphatic rings. The summed E-state index contributed by atoms with van der Waals surface area (Å²) in [6, 6.07) is 9.62. The third-order valence-corrected chi connectivity index (χ3v) is 4.64. The topological polar surface area (TPSA) is 71.3 Å². The SMILES string of the molecule is C[C@@H](NC(=O)N1CCSCC1)c1nc(Cc2ccccc2)no1. The second kappa shape index (κ2) is 7.50. The molecule has 7 heteroatoms. The lowest BCUT2D eigenvalue weighted by Gasteiger charge is -2.27. The summed E-state index contributed by atoms with van der Waals surface area (Å²) in [7, 11) is 0. The molecule has 2 aromatic rings. The highest BCUT2D eigenvalue weighted by atomic mass is 32.2. The molecule has 1 N–H and O–H groups in total. The molecular weight excluding hydrogens is 312 g/mol. The molecule has 0 radical (unpaired) electrons. The van der Waals surface area contributed by atoms with Crippen molar-refractivity contribution in [2.75, 3.05) is 24.6 Å². The van der Waals surface area contributed by atoms with E-state index in [9.17, 15) is 4.79 Å². The maximum Gasteiger partial charge on any atom is 0.318 e. The molecule has 2 amide bonds. The van der Waals surface area contributed by atoms with Gasteiger partial charge >= 0.3 is 6.03 Å². The average molecular weight is 332 g/mol. The van der Waals surface area contributed by atoms with Crippen LogP contribution in [0.2, 0.25) is 0 Å². The maximum absolute atomic E-state index is 12.2. The number of aromatic nitrogens is 2. The molecule has 1 fully saturated rings. The lowest BCUT2D eigenvalue weighted by molar-refractivity contribution is 0.196. The smallest absolute Gasteiger partial charge is 0.318 e. The number of benzene rings is 1. The van der Waals surface area contributed by atoms with Crippen LogP contribution in [0.15, 0.2) is 34.9 Å². The van der Waals surface area contributed by atoms with Crippen molar-refractivity contribution in [2.45, 2.75) is 19.4 Å². The number of nitrogens with one attached hydrogen (secondary N) is 1. The summed E-state index contributed by atoms with van der Waals surface area (Å²) in [5, 5.41) is 6.92. The van der Waals surface area contributed by atoms with Crippen LogP contribution in [0.5, 0.6) is 0 Å². The molecule has 3 rings (SSSR count). The Hall–Kier alpha value is -2.02. The lowest BCUT2D eigenvalue weighted by atomic mass is 10.1. The predicted octanol–water partition coefficient (Wildman–Crippen LogP) is 2.48. The molecule has 0 saturated carbocycles. The highest BCUT2D eigenvalue weighted by Crippen LogP contribution is 2.14. The first-order valence-electron chi connectivity index (χ1n) is 7.72. The third kappa shape index (κ3) is 4.25. The van der Waals surface area contributed by atoms with E-state index in [0.29, 0.717) is 18.1 Å². The summed E-state index contributed by atoms with van der Waals surface area (Å²) in [6.45, 7) is 3.43. The quantitative estimate of drug-likeness (QED) is 0.931. The Morgan fingerprint density at radius 2 is 2.09 bits per heavy atom. The number of carbonyl (C=O) groups is 1. The monoisotopic (exact) mass is 332 g/mol. The number of urea groups is 1. The first-order chi connectivity index (χ1) is 11.2. The molecule has 0 unspecified atom stereocenters. The molecule has 122 valence electrons. The number of nitrogens with zero attached hydrogens (tertiary/aromatic N) is 3. The van der Waals surface area contributed by atoms with Gasteiger partial charge in [0, 0.05) is 31.0 Å². The minimum atomic E-state index is -0.297. The second-order valence-electron chi connectivity index (χ2n) is 5.48. The number of carbonyl (C=O) groups excluding carboxylic acids is 1. The summed E-state index contributed by atoms with van der Waals surface area (Å²) in [4.78, 5) is 18.4. The standard InChI is InChI=1S/C16H20N4O2S/c1-12(17-16(21)20-7-9-23-10-8-20)15-18-14(19-22-15)11-13-5-3-2-4-6-13/h2-6,12H,7-11H2,1H3,(H,17,21)/t12-/m1/s1. The fourth-order valence-corrected chi connectivity index (χ4v) is 3.30. The first kappa shape index (κ1) is 15.9. The van der Waals surface area contributed by atoms with E-state index in [-0.39, 0.29) is 12.1 Å². The molecule has 1 saturated heterocycles. The van der Waals surface area contributed by atoms with Gasteiger partial charge in [-0.05, 0) is 12.5 Å². The van der Waals surface area contributed by atoms with Crippen LogP contribution in [0.1, 0.15) is 30.2 Å². The number of hydrogen-bond acceptors (Lipinski definition) is 5. The molecule has 23 heavy (non-hydrogen) atoms. The van der Waals surface area contributed by atoms with Gasteiger partial charge in [0.1, 0.15) is 6.04 Å². The van der Waals surface area contributed by atoms with E-state index < -0.39 is 0 Å². The number of thioether (sulfide) groups is 1. The molecule has 1 aromatic heterocycles. The molecule has 1 atom stereocenters. The molecular formula is C16H20N4O2S. The van der Waals surface area contributed by atoms with Crippen molar-refractivity contribution in [2.24, 2.45) is 0 Å². The Morgan fingerprint density at radius 1 is 1.35 bits per heavy atom. The number of amides is 2. The van der Waals surface area contributed by atoms with Gasteiger partial charge in [-0.15, -0.1) is 0 Å². The summed E-state index contributed by atoms with van der Waals surface area (Å²) >= 11 is 1.87. The van der Waals surface area contributed by atoms with Crippen LogP contribution in [0.4, 0.5) is 4.79 Å². The zero-order valence-electron chi connectivity index (χ0n) is 13.1. The maximum atomic E-state index is 12.2. The van der Waals surface area contributed by atoms with Gasteiger partial charge in [-0.1, -0.05) is 35.5 Å². The number of rotatable bonds is 4. The predicted molar refractivity (Wildman–Crippen MR) is 89.4 cm³/mol. The molecule has 1 aliphatic heterocycles. The van der Waals surface area contributed by atoms with E-state index in [1.165, 1.54) is 0 Å². The molecule has 2 heterocycles. The summed E-state index contributed by atoms with van der Waals surface area (Å²) < 4.78 is 5.29. The highest BCUT2D eigenvalue weighted by molar-refractivity contribution is 7.99. The fraction of sp³-hybridized carbons (Fsp3) is 0.438. The molecule has 0 spiro atoms. The van der Waals surface area contributed by atoms with Gasteiger partial charge in [-0.25, -0.2) is 4.79 Å². The minimum Gasteiger partial charge on any atom is -0.337 e. The van der Waals surface area contributed by atoms with E-state index >= 15 is 0 Å². The normalized spacial score (nSPS) is 16.1. The summed E-state index contributed by atoms with van der Waals surface area (Å²) in [6.07, 6.45) is 0.619. The van der Waals surface area contributed by atoms with Crippen molar-refractivity contribution in [1.82, 2.24) is 20.4 Å². The molecule has 6 nitrogen and oxygen atoms in total.